The Kier molecular flexibility index (Phi) is 6.37. The molecule has 0 aromatic rings. The quantitative estimate of drug-likeness (QED) is 0.754. The predicted octanol–water partition coefficient (Wildman–Crippen LogP) is 2.87. The second kappa shape index (κ2) is 7.29. The minimum absolute atomic E-state index is 0.740. The molecule has 0 amide bonds. The zero-order chi connectivity index (χ0) is 12.0. The number of nitrogens with two attached hydrogens (primary N) is 1. The summed E-state index contributed by atoms with van der Waals surface area (Å²) in [6.45, 7) is 6.66. The highest BCUT2D eigenvalue weighted by Gasteiger charge is 2.31. The van der Waals surface area contributed by atoms with Gasteiger partial charge in [0.05, 0.1) is 0 Å². The summed E-state index contributed by atoms with van der Waals surface area (Å²) in [6, 6.07) is 0.746. The van der Waals surface area contributed by atoms with Gasteiger partial charge < -0.3 is 10.6 Å². The molecule has 1 rings (SSSR count). The van der Waals surface area contributed by atoms with E-state index < -0.39 is 0 Å². The third kappa shape index (κ3) is 3.74. The average molecular weight is 226 g/mol. The van der Waals surface area contributed by atoms with E-state index in [1.807, 2.05) is 0 Å². The summed E-state index contributed by atoms with van der Waals surface area (Å²) in [7, 11) is 2.28. The third-order valence-corrected chi connectivity index (χ3v) is 4.21. The molecule has 1 fully saturated rings. The molecule has 16 heavy (non-hydrogen) atoms. The molecule has 0 saturated heterocycles. The van der Waals surface area contributed by atoms with Crippen molar-refractivity contribution in [1.82, 2.24) is 4.90 Å². The van der Waals surface area contributed by atoms with Gasteiger partial charge in [0.1, 0.15) is 0 Å². The first-order valence-corrected chi connectivity index (χ1v) is 7.13. The fourth-order valence-corrected chi connectivity index (χ4v) is 3.30. The van der Waals surface area contributed by atoms with Crippen molar-refractivity contribution in [2.75, 3.05) is 20.1 Å². The molecule has 0 aliphatic heterocycles. The summed E-state index contributed by atoms with van der Waals surface area (Å²) in [6.07, 6.45) is 8.14. The summed E-state index contributed by atoms with van der Waals surface area (Å²) in [5.41, 5.74) is 5.92. The largest absolute Gasteiger partial charge is 0.330 e. The van der Waals surface area contributed by atoms with Crippen molar-refractivity contribution in [3.8, 4) is 0 Å². The Labute approximate surface area is 102 Å². The lowest BCUT2D eigenvalue weighted by Gasteiger charge is -2.41. The van der Waals surface area contributed by atoms with E-state index in [-0.39, 0.29) is 0 Å². The Morgan fingerprint density at radius 2 is 1.94 bits per heavy atom. The maximum absolute atomic E-state index is 5.92. The molecular formula is C14H30N2. The van der Waals surface area contributed by atoms with Gasteiger partial charge in [0.2, 0.25) is 0 Å². The van der Waals surface area contributed by atoms with Gasteiger partial charge in [0.25, 0.3) is 0 Å². The number of hydrogen-bond acceptors (Lipinski definition) is 2. The van der Waals surface area contributed by atoms with Gasteiger partial charge in [-0.1, -0.05) is 33.1 Å². The highest BCUT2D eigenvalue weighted by atomic mass is 15.1. The Bertz CT molecular complexity index is 182. The molecule has 3 atom stereocenters. The molecule has 0 aromatic heterocycles. The maximum Gasteiger partial charge on any atom is 0.0135 e. The summed E-state index contributed by atoms with van der Waals surface area (Å²) in [5.74, 6) is 1.70. The number of nitrogens with zero attached hydrogens (tertiary/aromatic N) is 1. The first-order valence-electron chi connectivity index (χ1n) is 7.13. The lowest BCUT2D eigenvalue weighted by atomic mass is 9.76. The van der Waals surface area contributed by atoms with Crippen LogP contribution < -0.4 is 5.73 Å². The fourth-order valence-electron chi connectivity index (χ4n) is 3.30. The molecule has 0 bridgehead atoms. The lowest BCUT2D eigenvalue weighted by Crippen LogP contribution is -2.45. The molecule has 3 unspecified atom stereocenters. The van der Waals surface area contributed by atoms with Crippen LogP contribution in [-0.2, 0) is 0 Å². The van der Waals surface area contributed by atoms with E-state index in [0.717, 1.165) is 24.4 Å². The Morgan fingerprint density at radius 1 is 1.19 bits per heavy atom. The smallest absolute Gasteiger partial charge is 0.0135 e. The van der Waals surface area contributed by atoms with Crippen molar-refractivity contribution in [2.24, 2.45) is 17.6 Å². The van der Waals surface area contributed by atoms with Crippen molar-refractivity contribution < 1.29 is 0 Å². The van der Waals surface area contributed by atoms with Crippen LogP contribution in [0.15, 0.2) is 0 Å². The number of hydrogen-bond donors (Lipinski definition) is 1. The monoisotopic (exact) mass is 226 g/mol. The van der Waals surface area contributed by atoms with E-state index in [4.69, 9.17) is 5.73 Å². The van der Waals surface area contributed by atoms with E-state index in [2.05, 4.69) is 25.8 Å². The summed E-state index contributed by atoms with van der Waals surface area (Å²) >= 11 is 0. The van der Waals surface area contributed by atoms with E-state index in [9.17, 15) is 0 Å². The minimum atomic E-state index is 0.740. The van der Waals surface area contributed by atoms with E-state index in [1.54, 1.807) is 0 Å². The summed E-state index contributed by atoms with van der Waals surface area (Å²) in [5, 5.41) is 0. The van der Waals surface area contributed by atoms with Gasteiger partial charge >= 0.3 is 0 Å². The molecule has 0 spiro atoms. The average Bonchev–Trinajstić information content (AvgIpc) is 2.30. The zero-order valence-electron chi connectivity index (χ0n) is 11.4. The third-order valence-electron chi connectivity index (χ3n) is 4.21. The summed E-state index contributed by atoms with van der Waals surface area (Å²) < 4.78 is 0. The highest BCUT2D eigenvalue weighted by Crippen LogP contribution is 2.33. The van der Waals surface area contributed by atoms with Crippen LogP contribution >= 0.6 is 0 Å². The van der Waals surface area contributed by atoms with Crippen molar-refractivity contribution in [1.29, 1.82) is 0 Å². The summed E-state index contributed by atoms with van der Waals surface area (Å²) in [4.78, 5) is 2.55. The van der Waals surface area contributed by atoms with Crippen LogP contribution in [0.3, 0.4) is 0 Å². The normalized spacial score (nSPS) is 30.9. The first kappa shape index (κ1) is 14.0. The first-order chi connectivity index (χ1) is 7.72. The molecule has 1 aliphatic rings. The zero-order valence-corrected chi connectivity index (χ0v) is 11.4. The van der Waals surface area contributed by atoms with Crippen LogP contribution in [0.1, 0.15) is 52.4 Å². The second-order valence-electron chi connectivity index (χ2n) is 5.51. The SMILES string of the molecule is CCCC1CCC(CN)C(N(C)CCC)C1. The van der Waals surface area contributed by atoms with Gasteiger partial charge in [-0.05, 0) is 51.2 Å². The van der Waals surface area contributed by atoms with Gasteiger partial charge in [-0.2, -0.15) is 0 Å². The minimum Gasteiger partial charge on any atom is -0.330 e. The Morgan fingerprint density at radius 3 is 2.50 bits per heavy atom. The Hall–Kier alpha value is -0.0800. The molecule has 2 nitrogen and oxygen atoms in total. The molecule has 0 aromatic carbocycles. The van der Waals surface area contributed by atoms with Crippen LogP contribution in [0.2, 0.25) is 0 Å². The Balaban J connectivity index is 2.52. The van der Waals surface area contributed by atoms with Crippen LogP contribution in [0.25, 0.3) is 0 Å². The topological polar surface area (TPSA) is 29.3 Å². The van der Waals surface area contributed by atoms with E-state index >= 15 is 0 Å². The van der Waals surface area contributed by atoms with Gasteiger partial charge in [0, 0.05) is 6.04 Å². The van der Waals surface area contributed by atoms with Gasteiger partial charge in [-0.3, -0.25) is 0 Å². The molecule has 0 radical (unpaired) electrons. The molecule has 1 aliphatic carbocycles. The fraction of sp³-hybridized carbons (Fsp3) is 1.00. The van der Waals surface area contributed by atoms with Gasteiger partial charge in [-0.15, -0.1) is 0 Å². The van der Waals surface area contributed by atoms with Gasteiger partial charge in [0.15, 0.2) is 0 Å². The molecule has 2 N–H and O–H groups in total. The van der Waals surface area contributed by atoms with Crippen LogP contribution in [-0.4, -0.2) is 31.1 Å². The van der Waals surface area contributed by atoms with Gasteiger partial charge in [-0.25, -0.2) is 0 Å². The lowest BCUT2D eigenvalue weighted by molar-refractivity contribution is 0.100. The number of rotatable bonds is 6. The highest BCUT2D eigenvalue weighted by molar-refractivity contribution is 4.86. The molecule has 2 heteroatoms. The predicted molar refractivity (Wildman–Crippen MR) is 71.5 cm³/mol. The second-order valence-corrected chi connectivity index (χ2v) is 5.51. The molecule has 96 valence electrons. The van der Waals surface area contributed by atoms with Crippen molar-refractivity contribution >= 4 is 0 Å². The molecular weight excluding hydrogens is 196 g/mol. The van der Waals surface area contributed by atoms with E-state index in [0.29, 0.717) is 0 Å². The van der Waals surface area contributed by atoms with Crippen LogP contribution in [0.4, 0.5) is 0 Å². The van der Waals surface area contributed by atoms with Crippen molar-refractivity contribution in [3.05, 3.63) is 0 Å². The van der Waals surface area contributed by atoms with Crippen molar-refractivity contribution in [3.63, 3.8) is 0 Å². The standard InChI is InChI=1S/C14H30N2/c1-4-6-12-7-8-13(11-15)14(10-12)16(3)9-5-2/h12-14H,4-11,15H2,1-3H3. The molecule has 0 heterocycles. The molecule has 1 saturated carbocycles. The van der Waals surface area contributed by atoms with E-state index in [1.165, 1.54) is 45.1 Å². The maximum atomic E-state index is 5.92. The van der Waals surface area contributed by atoms with Crippen LogP contribution in [0.5, 0.6) is 0 Å². The van der Waals surface area contributed by atoms with Crippen molar-refractivity contribution in [2.45, 2.75) is 58.4 Å². The van der Waals surface area contributed by atoms with Crippen LogP contribution in [0, 0.1) is 11.8 Å².